The number of benzene rings is 1. The lowest BCUT2D eigenvalue weighted by Gasteiger charge is -2.05. The summed E-state index contributed by atoms with van der Waals surface area (Å²) in [5.41, 5.74) is -0.0284. The van der Waals surface area contributed by atoms with Gasteiger partial charge in [-0.2, -0.15) is 11.8 Å². The minimum Gasteiger partial charge on any atom is -0.478 e. The van der Waals surface area contributed by atoms with Crippen molar-refractivity contribution in [3.8, 4) is 0 Å². The monoisotopic (exact) mass is 326 g/mol. The number of aromatic carboxylic acids is 1. The Hall–Kier alpha value is -1.73. The van der Waals surface area contributed by atoms with Crippen LogP contribution < -0.4 is 0 Å². The van der Waals surface area contributed by atoms with E-state index in [0.29, 0.717) is 11.5 Å². The second-order valence-corrected chi connectivity index (χ2v) is 7.50. The standard InChI is InChI=1S/C14H14O5S2/c15-14(16)11-3-1-5-13(9-11)21(17,18)8-7-20-10-12-4-2-6-19-12/h1-6,9H,7-8,10H2,(H,15,16). The van der Waals surface area contributed by atoms with Gasteiger partial charge in [-0.1, -0.05) is 6.07 Å². The first kappa shape index (κ1) is 15.7. The van der Waals surface area contributed by atoms with Crippen molar-refractivity contribution in [2.45, 2.75) is 10.6 Å². The van der Waals surface area contributed by atoms with Crippen molar-refractivity contribution in [1.82, 2.24) is 0 Å². The maximum Gasteiger partial charge on any atom is 0.335 e. The van der Waals surface area contributed by atoms with Crippen molar-refractivity contribution >= 4 is 27.6 Å². The Morgan fingerprint density at radius 3 is 2.71 bits per heavy atom. The highest BCUT2D eigenvalue weighted by Crippen LogP contribution is 2.17. The van der Waals surface area contributed by atoms with Gasteiger partial charge in [0.2, 0.25) is 0 Å². The lowest BCUT2D eigenvalue weighted by atomic mass is 10.2. The minimum absolute atomic E-state index is 0.0284. The van der Waals surface area contributed by atoms with Gasteiger partial charge in [-0.05, 0) is 30.3 Å². The molecule has 0 unspecified atom stereocenters. The van der Waals surface area contributed by atoms with E-state index in [-0.39, 0.29) is 16.2 Å². The summed E-state index contributed by atoms with van der Waals surface area (Å²) in [6, 6.07) is 9.02. The van der Waals surface area contributed by atoms with Gasteiger partial charge in [0.25, 0.3) is 0 Å². The molecular formula is C14H14O5S2. The van der Waals surface area contributed by atoms with Crippen LogP contribution >= 0.6 is 11.8 Å². The van der Waals surface area contributed by atoms with E-state index in [1.54, 1.807) is 12.3 Å². The van der Waals surface area contributed by atoms with E-state index >= 15 is 0 Å². The first-order valence-corrected chi connectivity index (χ1v) is 8.96. The molecule has 1 aromatic carbocycles. The number of sulfone groups is 1. The molecular weight excluding hydrogens is 312 g/mol. The number of furan rings is 1. The van der Waals surface area contributed by atoms with Crippen molar-refractivity contribution in [2.75, 3.05) is 11.5 Å². The fourth-order valence-electron chi connectivity index (χ4n) is 1.68. The van der Waals surface area contributed by atoms with Crippen LogP contribution in [-0.4, -0.2) is 31.0 Å². The Labute approximate surface area is 126 Å². The zero-order chi connectivity index (χ0) is 15.3. The largest absolute Gasteiger partial charge is 0.478 e. The Balaban J connectivity index is 1.95. The summed E-state index contributed by atoms with van der Waals surface area (Å²) >= 11 is 1.45. The number of hydrogen-bond acceptors (Lipinski definition) is 5. The fraction of sp³-hybridized carbons (Fsp3) is 0.214. The van der Waals surface area contributed by atoms with Gasteiger partial charge < -0.3 is 9.52 Å². The smallest absolute Gasteiger partial charge is 0.335 e. The van der Waals surface area contributed by atoms with E-state index in [2.05, 4.69) is 0 Å². The third kappa shape index (κ3) is 4.37. The van der Waals surface area contributed by atoms with Gasteiger partial charge in [-0.15, -0.1) is 0 Å². The topological polar surface area (TPSA) is 84.6 Å². The third-order valence-corrected chi connectivity index (χ3v) is 5.71. The van der Waals surface area contributed by atoms with Gasteiger partial charge >= 0.3 is 5.97 Å². The predicted molar refractivity (Wildman–Crippen MR) is 80.3 cm³/mol. The van der Waals surface area contributed by atoms with Crippen molar-refractivity contribution in [1.29, 1.82) is 0 Å². The van der Waals surface area contributed by atoms with Crippen LogP contribution in [0.15, 0.2) is 52.0 Å². The van der Waals surface area contributed by atoms with Crippen molar-refractivity contribution in [3.63, 3.8) is 0 Å². The summed E-state index contributed by atoms with van der Waals surface area (Å²) in [4.78, 5) is 10.9. The predicted octanol–water partition coefficient (Wildman–Crippen LogP) is 2.68. The molecule has 0 aliphatic carbocycles. The van der Waals surface area contributed by atoms with Crippen LogP contribution in [0.25, 0.3) is 0 Å². The molecule has 0 aliphatic heterocycles. The normalized spacial score (nSPS) is 11.4. The maximum absolute atomic E-state index is 12.1. The second kappa shape index (κ2) is 6.82. The third-order valence-electron chi connectivity index (χ3n) is 2.76. The summed E-state index contributed by atoms with van der Waals surface area (Å²) in [6.45, 7) is 0. The van der Waals surface area contributed by atoms with Crippen LogP contribution in [0.3, 0.4) is 0 Å². The molecule has 21 heavy (non-hydrogen) atoms. The quantitative estimate of drug-likeness (QED) is 0.788. The van der Waals surface area contributed by atoms with Crippen molar-refractivity contribution in [2.24, 2.45) is 0 Å². The van der Waals surface area contributed by atoms with Crippen molar-refractivity contribution in [3.05, 3.63) is 54.0 Å². The number of hydrogen-bond donors (Lipinski definition) is 1. The number of carboxylic acid groups (broad SMARTS) is 1. The molecule has 0 saturated carbocycles. The summed E-state index contributed by atoms with van der Waals surface area (Å²) in [5.74, 6) is 0.643. The fourth-order valence-corrected chi connectivity index (χ4v) is 4.36. The molecule has 0 saturated heterocycles. The van der Waals surface area contributed by atoms with E-state index in [4.69, 9.17) is 9.52 Å². The molecule has 0 atom stereocenters. The molecule has 1 N–H and O–H groups in total. The highest BCUT2D eigenvalue weighted by atomic mass is 32.2. The number of rotatable bonds is 7. The maximum atomic E-state index is 12.1. The highest BCUT2D eigenvalue weighted by Gasteiger charge is 2.16. The van der Waals surface area contributed by atoms with Crippen LogP contribution in [0.5, 0.6) is 0 Å². The Morgan fingerprint density at radius 1 is 1.24 bits per heavy atom. The SMILES string of the molecule is O=C(O)c1cccc(S(=O)(=O)CCSCc2ccco2)c1. The Morgan fingerprint density at radius 2 is 2.05 bits per heavy atom. The molecule has 0 amide bonds. The highest BCUT2D eigenvalue weighted by molar-refractivity contribution is 8.00. The molecule has 0 radical (unpaired) electrons. The molecule has 1 aromatic heterocycles. The Kier molecular flexibility index (Phi) is 5.08. The molecule has 0 bridgehead atoms. The Bertz CT molecular complexity index is 705. The first-order valence-electron chi connectivity index (χ1n) is 6.15. The molecule has 2 rings (SSSR count). The number of thioether (sulfide) groups is 1. The van der Waals surface area contributed by atoms with Gasteiger partial charge in [0.15, 0.2) is 9.84 Å². The van der Waals surface area contributed by atoms with Gasteiger partial charge in [-0.25, -0.2) is 13.2 Å². The molecule has 0 fully saturated rings. The molecule has 5 nitrogen and oxygen atoms in total. The van der Waals surface area contributed by atoms with Gasteiger partial charge in [-0.3, -0.25) is 0 Å². The molecule has 1 heterocycles. The lowest BCUT2D eigenvalue weighted by molar-refractivity contribution is 0.0696. The van der Waals surface area contributed by atoms with Crippen LogP contribution in [0.4, 0.5) is 0 Å². The van der Waals surface area contributed by atoms with Gasteiger partial charge in [0.1, 0.15) is 5.76 Å². The molecule has 0 aliphatic rings. The molecule has 112 valence electrons. The summed E-state index contributed by atoms with van der Waals surface area (Å²) < 4.78 is 29.4. The van der Waals surface area contributed by atoms with E-state index in [0.717, 1.165) is 5.76 Å². The van der Waals surface area contributed by atoms with E-state index < -0.39 is 15.8 Å². The second-order valence-electron chi connectivity index (χ2n) is 4.28. The first-order chi connectivity index (χ1) is 9.99. The molecule has 2 aromatic rings. The van der Waals surface area contributed by atoms with Gasteiger partial charge in [0.05, 0.1) is 28.2 Å². The van der Waals surface area contributed by atoms with Crippen LogP contribution in [-0.2, 0) is 15.6 Å². The summed E-state index contributed by atoms with van der Waals surface area (Å²) in [6.07, 6.45) is 1.57. The summed E-state index contributed by atoms with van der Waals surface area (Å²) in [7, 11) is -3.47. The molecule has 0 spiro atoms. The zero-order valence-electron chi connectivity index (χ0n) is 11.1. The number of carboxylic acids is 1. The van der Waals surface area contributed by atoms with Crippen LogP contribution in [0.1, 0.15) is 16.1 Å². The number of carbonyl (C=O) groups is 1. The van der Waals surface area contributed by atoms with Crippen molar-refractivity contribution < 1.29 is 22.7 Å². The average molecular weight is 326 g/mol. The lowest BCUT2D eigenvalue weighted by Crippen LogP contribution is -2.10. The average Bonchev–Trinajstić information content (AvgIpc) is 2.97. The van der Waals surface area contributed by atoms with Crippen LogP contribution in [0, 0.1) is 0 Å². The van der Waals surface area contributed by atoms with E-state index in [1.165, 1.54) is 36.0 Å². The zero-order valence-corrected chi connectivity index (χ0v) is 12.7. The summed E-state index contributed by atoms with van der Waals surface area (Å²) in [5, 5.41) is 8.89. The van der Waals surface area contributed by atoms with E-state index in [1.807, 2.05) is 6.07 Å². The van der Waals surface area contributed by atoms with Crippen LogP contribution in [0.2, 0.25) is 0 Å². The van der Waals surface area contributed by atoms with Gasteiger partial charge in [0, 0.05) is 5.75 Å². The molecule has 7 heteroatoms. The van der Waals surface area contributed by atoms with E-state index in [9.17, 15) is 13.2 Å². The minimum atomic E-state index is -3.47.